The van der Waals surface area contributed by atoms with E-state index >= 15 is 0 Å². The highest BCUT2D eigenvalue weighted by atomic mass is 16.4. The molecule has 0 spiro atoms. The molecule has 7 nitrogen and oxygen atoms in total. The number of piperidine rings is 1. The predicted molar refractivity (Wildman–Crippen MR) is 96.9 cm³/mol. The lowest BCUT2D eigenvalue weighted by Crippen LogP contribution is -2.29. The number of aromatic nitrogens is 3. The number of rotatable bonds is 6. The Morgan fingerprint density at radius 2 is 2.00 bits per heavy atom. The van der Waals surface area contributed by atoms with E-state index in [1.54, 1.807) is 6.07 Å². The summed E-state index contributed by atoms with van der Waals surface area (Å²) in [5.74, 6) is 1.85. The number of nitrogens with one attached hydrogen (secondary N) is 1. The van der Waals surface area contributed by atoms with Gasteiger partial charge in [-0.2, -0.15) is 0 Å². The molecule has 1 fully saturated rings. The molecule has 3 aromatic rings. The summed E-state index contributed by atoms with van der Waals surface area (Å²) >= 11 is 0. The van der Waals surface area contributed by atoms with E-state index in [1.165, 1.54) is 19.3 Å². The van der Waals surface area contributed by atoms with Crippen LogP contribution in [0.1, 0.15) is 41.4 Å². The fourth-order valence-electron chi connectivity index (χ4n) is 3.36. The van der Waals surface area contributed by atoms with Gasteiger partial charge in [0.25, 0.3) is 5.91 Å². The normalized spacial score (nSPS) is 15.4. The zero-order chi connectivity index (χ0) is 17.8. The maximum atomic E-state index is 12.3. The number of carbonyl (C=O) groups is 1. The summed E-state index contributed by atoms with van der Waals surface area (Å²) in [7, 11) is 0. The molecule has 4 heterocycles. The number of amides is 1. The lowest BCUT2D eigenvalue weighted by molar-refractivity contribution is 0.0921. The van der Waals surface area contributed by atoms with Crippen LogP contribution in [0, 0.1) is 0 Å². The van der Waals surface area contributed by atoms with Gasteiger partial charge in [0.1, 0.15) is 11.6 Å². The van der Waals surface area contributed by atoms with E-state index < -0.39 is 0 Å². The average Bonchev–Trinajstić information content (AvgIpc) is 3.30. The molecule has 0 atom stereocenters. The van der Waals surface area contributed by atoms with Crippen LogP contribution in [-0.4, -0.2) is 45.0 Å². The van der Waals surface area contributed by atoms with Crippen LogP contribution in [0.4, 0.5) is 0 Å². The van der Waals surface area contributed by atoms with Crippen molar-refractivity contribution in [1.82, 2.24) is 24.8 Å². The molecule has 26 heavy (non-hydrogen) atoms. The van der Waals surface area contributed by atoms with Crippen LogP contribution in [-0.2, 0) is 13.0 Å². The summed E-state index contributed by atoms with van der Waals surface area (Å²) in [6.45, 7) is 3.47. The van der Waals surface area contributed by atoms with E-state index in [0.29, 0.717) is 18.7 Å². The van der Waals surface area contributed by atoms with Crippen molar-refractivity contribution in [2.24, 2.45) is 0 Å². The van der Waals surface area contributed by atoms with Crippen LogP contribution < -0.4 is 5.32 Å². The molecule has 0 bridgehead atoms. The van der Waals surface area contributed by atoms with Gasteiger partial charge in [-0.05, 0) is 50.2 Å². The Morgan fingerprint density at radius 1 is 1.12 bits per heavy atom. The van der Waals surface area contributed by atoms with Crippen molar-refractivity contribution in [1.29, 1.82) is 0 Å². The molecule has 0 saturated carbocycles. The minimum atomic E-state index is -0.191. The zero-order valence-corrected chi connectivity index (χ0v) is 14.7. The molecule has 1 aliphatic rings. The molecule has 136 valence electrons. The third-order valence-electron chi connectivity index (χ3n) is 4.73. The fourth-order valence-corrected chi connectivity index (χ4v) is 3.36. The van der Waals surface area contributed by atoms with Crippen molar-refractivity contribution in [3.8, 4) is 0 Å². The molecule has 4 rings (SSSR count). The standard InChI is InChI=1S/C19H23N5O2/c25-19(16-8-7-15(26-16)14-23-11-3-1-4-12-23)20-10-9-18-22-21-17-6-2-5-13-24(17)18/h2,5-8,13H,1,3-4,9-12,14H2,(H,20,25). The van der Waals surface area contributed by atoms with Gasteiger partial charge in [-0.15, -0.1) is 10.2 Å². The maximum Gasteiger partial charge on any atom is 0.287 e. The molecule has 1 amide bonds. The van der Waals surface area contributed by atoms with Gasteiger partial charge in [-0.3, -0.25) is 14.1 Å². The highest BCUT2D eigenvalue weighted by Gasteiger charge is 2.15. The first-order valence-corrected chi connectivity index (χ1v) is 9.17. The van der Waals surface area contributed by atoms with Crippen LogP contribution in [0.15, 0.2) is 40.9 Å². The lowest BCUT2D eigenvalue weighted by atomic mass is 10.1. The number of furan rings is 1. The third kappa shape index (κ3) is 3.77. The van der Waals surface area contributed by atoms with Crippen molar-refractivity contribution >= 4 is 11.6 Å². The number of hydrogen-bond donors (Lipinski definition) is 1. The van der Waals surface area contributed by atoms with Gasteiger partial charge < -0.3 is 9.73 Å². The summed E-state index contributed by atoms with van der Waals surface area (Å²) in [6, 6.07) is 9.41. The van der Waals surface area contributed by atoms with Crippen LogP contribution >= 0.6 is 0 Å². The van der Waals surface area contributed by atoms with E-state index in [-0.39, 0.29) is 5.91 Å². The summed E-state index contributed by atoms with van der Waals surface area (Å²) in [5.41, 5.74) is 0.808. The largest absolute Gasteiger partial charge is 0.455 e. The summed E-state index contributed by atoms with van der Waals surface area (Å²) in [6.07, 6.45) is 6.32. The first-order chi connectivity index (χ1) is 12.8. The Labute approximate surface area is 152 Å². The number of nitrogens with zero attached hydrogens (tertiary/aromatic N) is 4. The molecule has 1 N–H and O–H groups in total. The van der Waals surface area contributed by atoms with Crippen LogP contribution in [0.3, 0.4) is 0 Å². The third-order valence-corrected chi connectivity index (χ3v) is 4.73. The Morgan fingerprint density at radius 3 is 2.88 bits per heavy atom. The molecule has 1 saturated heterocycles. The molecular weight excluding hydrogens is 330 g/mol. The minimum Gasteiger partial charge on any atom is -0.455 e. The smallest absolute Gasteiger partial charge is 0.287 e. The second-order valence-corrected chi connectivity index (χ2v) is 6.65. The van der Waals surface area contributed by atoms with Crippen LogP contribution in [0.2, 0.25) is 0 Å². The van der Waals surface area contributed by atoms with Crippen molar-refractivity contribution < 1.29 is 9.21 Å². The van der Waals surface area contributed by atoms with Gasteiger partial charge >= 0.3 is 0 Å². The summed E-state index contributed by atoms with van der Waals surface area (Å²) < 4.78 is 7.65. The van der Waals surface area contributed by atoms with Gasteiger partial charge in [-0.1, -0.05) is 12.5 Å². The number of pyridine rings is 1. The van der Waals surface area contributed by atoms with Gasteiger partial charge in [-0.25, -0.2) is 0 Å². The topological polar surface area (TPSA) is 75.7 Å². The monoisotopic (exact) mass is 353 g/mol. The highest BCUT2D eigenvalue weighted by molar-refractivity contribution is 5.91. The second kappa shape index (κ2) is 7.70. The molecule has 1 aliphatic heterocycles. The summed E-state index contributed by atoms with van der Waals surface area (Å²) in [4.78, 5) is 14.7. The van der Waals surface area contributed by atoms with E-state index in [1.807, 2.05) is 34.9 Å². The predicted octanol–water partition coefficient (Wildman–Crippen LogP) is 2.28. The lowest BCUT2D eigenvalue weighted by Gasteiger charge is -2.25. The zero-order valence-electron chi connectivity index (χ0n) is 14.7. The van der Waals surface area contributed by atoms with Crippen molar-refractivity contribution in [3.63, 3.8) is 0 Å². The quantitative estimate of drug-likeness (QED) is 0.736. The van der Waals surface area contributed by atoms with Gasteiger partial charge in [0.15, 0.2) is 11.4 Å². The Kier molecular flexibility index (Phi) is 4.97. The summed E-state index contributed by atoms with van der Waals surface area (Å²) in [5, 5.41) is 11.2. The number of likely N-dealkylation sites (tertiary alicyclic amines) is 1. The first kappa shape index (κ1) is 16.8. The van der Waals surface area contributed by atoms with E-state index in [9.17, 15) is 4.79 Å². The molecule has 0 radical (unpaired) electrons. The van der Waals surface area contributed by atoms with Gasteiger partial charge in [0, 0.05) is 19.2 Å². The second-order valence-electron chi connectivity index (χ2n) is 6.65. The molecule has 0 aromatic carbocycles. The SMILES string of the molecule is O=C(NCCc1nnc2ccccn12)c1ccc(CN2CCCCC2)o1. The minimum absolute atomic E-state index is 0.191. The number of fused-ring (bicyclic) bond motifs is 1. The maximum absolute atomic E-state index is 12.3. The molecule has 0 aliphatic carbocycles. The fraction of sp³-hybridized carbons (Fsp3) is 0.421. The van der Waals surface area contributed by atoms with E-state index in [2.05, 4.69) is 20.4 Å². The Hall–Kier alpha value is -2.67. The van der Waals surface area contributed by atoms with Crippen molar-refractivity contribution in [2.75, 3.05) is 19.6 Å². The molecule has 0 unspecified atom stereocenters. The first-order valence-electron chi connectivity index (χ1n) is 9.17. The number of hydrogen-bond acceptors (Lipinski definition) is 5. The van der Waals surface area contributed by atoms with E-state index in [4.69, 9.17) is 4.42 Å². The Bertz CT molecular complexity index is 879. The van der Waals surface area contributed by atoms with Gasteiger partial charge in [0.05, 0.1) is 6.54 Å². The van der Waals surface area contributed by atoms with Gasteiger partial charge in [0.2, 0.25) is 0 Å². The Balaban J connectivity index is 1.29. The molecule has 3 aromatic heterocycles. The number of carbonyl (C=O) groups excluding carboxylic acids is 1. The van der Waals surface area contributed by atoms with Crippen molar-refractivity contribution in [2.45, 2.75) is 32.2 Å². The molecule has 7 heteroatoms. The van der Waals surface area contributed by atoms with Crippen LogP contribution in [0.25, 0.3) is 5.65 Å². The van der Waals surface area contributed by atoms with Crippen molar-refractivity contribution in [3.05, 3.63) is 53.9 Å². The van der Waals surface area contributed by atoms with E-state index in [0.717, 1.165) is 36.9 Å². The molecular formula is C19H23N5O2. The highest BCUT2D eigenvalue weighted by Crippen LogP contribution is 2.15. The van der Waals surface area contributed by atoms with Crippen LogP contribution in [0.5, 0.6) is 0 Å². The average molecular weight is 353 g/mol.